The molecule has 3 rings (SSSR count). The summed E-state index contributed by atoms with van der Waals surface area (Å²) in [7, 11) is 0. The smallest absolute Gasteiger partial charge is 0.146 e. The number of furan rings is 1. The number of rotatable bonds is 6. The molecule has 1 aromatic carbocycles. The summed E-state index contributed by atoms with van der Waals surface area (Å²) in [5, 5.41) is 4.06. The third kappa shape index (κ3) is 3.57. The first-order valence-corrected chi connectivity index (χ1v) is 7.76. The molecule has 20 heavy (non-hydrogen) atoms. The van der Waals surface area contributed by atoms with Gasteiger partial charge in [0.1, 0.15) is 18.1 Å². The van der Waals surface area contributed by atoms with Crippen molar-refractivity contribution in [2.45, 2.75) is 32.0 Å². The van der Waals surface area contributed by atoms with E-state index < -0.39 is 0 Å². The molecule has 106 valence electrons. The molecule has 0 unspecified atom stereocenters. The normalized spacial score (nSPS) is 14.5. The summed E-state index contributed by atoms with van der Waals surface area (Å²) in [6.45, 7) is 1.21. The Labute approximate surface area is 131 Å². The molecule has 0 bridgehead atoms. The van der Waals surface area contributed by atoms with Gasteiger partial charge in [0, 0.05) is 22.6 Å². The highest BCUT2D eigenvalue weighted by Crippen LogP contribution is 2.29. The summed E-state index contributed by atoms with van der Waals surface area (Å²) in [5.74, 6) is 1.49. The van der Waals surface area contributed by atoms with Crippen molar-refractivity contribution >= 4 is 27.5 Å². The van der Waals surface area contributed by atoms with Crippen molar-refractivity contribution < 1.29 is 9.15 Å². The van der Waals surface area contributed by atoms with Gasteiger partial charge in [0.15, 0.2) is 0 Å². The summed E-state index contributed by atoms with van der Waals surface area (Å²) in [5.41, 5.74) is 1.14. The molecular weight excluding hydrogens is 342 g/mol. The van der Waals surface area contributed by atoms with Gasteiger partial charge in [-0.25, -0.2) is 0 Å². The van der Waals surface area contributed by atoms with E-state index in [0.717, 1.165) is 22.3 Å². The highest BCUT2D eigenvalue weighted by atomic mass is 79.9. The molecule has 1 heterocycles. The van der Waals surface area contributed by atoms with Crippen molar-refractivity contribution in [3.63, 3.8) is 0 Å². The van der Waals surface area contributed by atoms with Crippen LogP contribution in [0.5, 0.6) is 5.75 Å². The second-order valence-electron chi connectivity index (χ2n) is 4.89. The third-order valence-electron chi connectivity index (χ3n) is 3.25. The Balaban J connectivity index is 1.62. The Kier molecular flexibility index (Phi) is 4.34. The molecule has 0 saturated heterocycles. The molecule has 5 heteroatoms. The van der Waals surface area contributed by atoms with E-state index in [4.69, 9.17) is 20.8 Å². The predicted octanol–water partition coefficient (Wildman–Crippen LogP) is 4.53. The van der Waals surface area contributed by atoms with Crippen LogP contribution in [0.3, 0.4) is 0 Å². The molecular formula is C15H15BrClNO2. The SMILES string of the molecule is Clc1ccc(Br)cc1OCc1occc1CNC1CC1. The van der Waals surface area contributed by atoms with Crippen molar-refractivity contribution in [2.75, 3.05) is 0 Å². The van der Waals surface area contributed by atoms with Gasteiger partial charge in [-0.1, -0.05) is 27.5 Å². The maximum atomic E-state index is 6.10. The van der Waals surface area contributed by atoms with Crippen LogP contribution in [0.25, 0.3) is 0 Å². The van der Waals surface area contributed by atoms with E-state index in [9.17, 15) is 0 Å². The van der Waals surface area contributed by atoms with Crippen molar-refractivity contribution in [3.05, 3.63) is 51.3 Å². The topological polar surface area (TPSA) is 34.4 Å². The Morgan fingerprint density at radius 3 is 3.00 bits per heavy atom. The van der Waals surface area contributed by atoms with Crippen LogP contribution >= 0.6 is 27.5 Å². The average Bonchev–Trinajstić information content (AvgIpc) is 3.16. The van der Waals surface area contributed by atoms with Crippen LogP contribution in [-0.4, -0.2) is 6.04 Å². The number of ether oxygens (including phenoxy) is 1. The van der Waals surface area contributed by atoms with E-state index in [2.05, 4.69) is 21.2 Å². The van der Waals surface area contributed by atoms with Crippen molar-refractivity contribution in [3.8, 4) is 5.75 Å². The first-order chi connectivity index (χ1) is 9.72. The lowest BCUT2D eigenvalue weighted by Gasteiger charge is -2.08. The lowest BCUT2D eigenvalue weighted by atomic mass is 10.2. The molecule has 0 atom stereocenters. The van der Waals surface area contributed by atoms with Gasteiger partial charge in [-0.3, -0.25) is 0 Å². The van der Waals surface area contributed by atoms with E-state index in [1.165, 1.54) is 12.8 Å². The molecule has 0 amide bonds. The lowest BCUT2D eigenvalue weighted by Crippen LogP contribution is -2.16. The highest BCUT2D eigenvalue weighted by molar-refractivity contribution is 9.10. The molecule has 3 nitrogen and oxygen atoms in total. The summed E-state index contributed by atoms with van der Waals surface area (Å²) in [4.78, 5) is 0. The molecule has 0 spiro atoms. The monoisotopic (exact) mass is 355 g/mol. The fraction of sp³-hybridized carbons (Fsp3) is 0.333. The van der Waals surface area contributed by atoms with Gasteiger partial charge < -0.3 is 14.5 Å². The number of hydrogen-bond acceptors (Lipinski definition) is 3. The van der Waals surface area contributed by atoms with Crippen molar-refractivity contribution in [2.24, 2.45) is 0 Å². The second-order valence-corrected chi connectivity index (χ2v) is 6.21. The summed E-state index contributed by atoms with van der Waals surface area (Å²) >= 11 is 9.50. The predicted molar refractivity (Wildman–Crippen MR) is 82.1 cm³/mol. The fourth-order valence-corrected chi connectivity index (χ4v) is 2.44. The van der Waals surface area contributed by atoms with Crippen LogP contribution in [0, 0.1) is 0 Å². The Hall–Kier alpha value is -0.970. The van der Waals surface area contributed by atoms with Gasteiger partial charge >= 0.3 is 0 Å². The van der Waals surface area contributed by atoms with E-state index in [1.807, 2.05) is 18.2 Å². The van der Waals surface area contributed by atoms with Gasteiger partial charge in [-0.2, -0.15) is 0 Å². The van der Waals surface area contributed by atoms with Crippen LogP contribution in [0.15, 0.2) is 39.4 Å². The molecule has 1 saturated carbocycles. The average molecular weight is 357 g/mol. The molecule has 1 aromatic heterocycles. The maximum Gasteiger partial charge on any atom is 0.146 e. The Morgan fingerprint density at radius 1 is 1.35 bits per heavy atom. The standard InChI is InChI=1S/C15H15BrClNO2/c16-11-1-4-13(17)14(7-11)20-9-15-10(5-6-19-15)8-18-12-2-3-12/h1,4-7,12,18H,2-3,8-9H2. The molecule has 1 aliphatic rings. The Bertz CT molecular complexity index is 595. The van der Waals surface area contributed by atoms with Crippen molar-refractivity contribution in [1.29, 1.82) is 0 Å². The van der Waals surface area contributed by atoms with Crippen LogP contribution in [0.2, 0.25) is 5.02 Å². The van der Waals surface area contributed by atoms with Crippen LogP contribution in [0.4, 0.5) is 0 Å². The van der Waals surface area contributed by atoms with Gasteiger partial charge in [0.2, 0.25) is 0 Å². The number of nitrogens with one attached hydrogen (secondary N) is 1. The van der Waals surface area contributed by atoms with Gasteiger partial charge in [-0.05, 0) is 37.1 Å². The molecule has 1 N–H and O–H groups in total. The molecule has 2 aromatic rings. The Morgan fingerprint density at radius 2 is 2.20 bits per heavy atom. The minimum absolute atomic E-state index is 0.380. The summed E-state index contributed by atoms with van der Waals surface area (Å²) in [6.07, 6.45) is 4.25. The van der Waals surface area contributed by atoms with E-state index in [-0.39, 0.29) is 0 Å². The molecule has 0 aliphatic heterocycles. The van der Waals surface area contributed by atoms with E-state index in [0.29, 0.717) is 23.4 Å². The quantitative estimate of drug-likeness (QED) is 0.826. The van der Waals surface area contributed by atoms with E-state index in [1.54, 1.807) is 12.3 Å². The number of halogens is 2. The second kappa shape index (κ2) is 6.20. The third-order valence-corrected chi connectivity index (χ3v) is 4.05. The minimum Gasteiger partial charge on any atom is -0.484 e. The number of benzene rings is 1. The van der Waals surface area contributed by atoms with Gasteiger partial charge in [0.25, 0.3) is 0 Å². The summed E-state index contributed by atoms with van der Waals surface area (Å²) < 4.78 is 12.2. The van der Waals surface area contributed by atoms with Gasteiger partial charge in [0.05, 0.1) is 11.3 Å². The zero-order valence-electron chi connectivity index (χ0n) is 10.9. The largest absolute Gasteiger partial charge is 0.484 e. The first-order valence-electron chi connectivity index (χ1n) is 6.59. The number of hydrogen-bond donors (Lipinski definition) is 1. The van der Waals surface area contributed by atoms with Crippen LogP contribution in [-0.2, 0) is 13.2 Å². The van der Waals surface area contributed by atoms with Crippen molar-refractivity contribution in [1.82, 2.24) is 5.32 Å². The van der Waals surface area contributed by atoms with Crippen LogP contribution < -0.4 is 10.1 Å². The maximum absolute atomic E-state index is 6.10. The molecule has 1 fully saturated rings. The zero-order valence-corrected chi connectivity index (χ0v) is 13.2. The van der Waals surface area contributed by atoms with Gasteiger partial charge in [-0.15, -0.1) is 0 Å². The highest BCUT2D eigenvalue weighted by Gasteiger charge is 2.21. The lowest BCUT2D eigenvalue weighted by molar-refractivity contribution is 0.268. The van der Waals surface area contributed by atoms with E-state index >= 15 is 0 Å². The fourth-order valence-electron chi connectivity index (χ4n) is 1.92. The minimum atomic E-state index is 0.380. The zero-order chi connectivity index (χ0) is 13.9. The molecule has 0 radical (unpaired) electrons. The first kappa shape index (κ1) is 14.0. The summed E-state index contributed by atoms with van der Waals surface area (Å²) in [6, 6.07) is 8.20. The van der Waals surface area contributed by atoms with Crippen LogP contribution in [0.1, 0.15) is 24.2 Å². The molecule has 1 aliphatic carbocycles.